The largest absolute Gasteiger partial charge is 0.512 e. The lowest BCUT2D eigenvalue weighted by Crippen LogP contribution is -2.11. The van der Waals surface area contributed by atoms with E-state index < -0.39 is 18.2 Å². The van der Waals surface area contributed by atoms with Gasteiger partial charge in [0.1, 0.15) is 5.82 Å². The predicted octanol–water partition coefficient (Wildman–Crippen LogP) is 1.47. The second-order valence-electron chi connectivity index (χ2n) is 2.09. The van der Waals surface area contributed by atoms with E-state index in [0.717, 1.165) is 3.69 Å². The van der Waals surface area contributed by atoms with Gasteiger partial charge in [-0.15, -0.1) is 3.69 Å². The molecule has 0 spiro atoms. The van der Waals surface area contributed by atoms with E-state index in [4.69, 9.17) is 4.74 Å². The molecule has 0 aliphatic rings. The average Bonchev–Trinajstić information content (AvgIpc) is 2.04. The van der Waals surface area contributed by atoms with Crippen LogP contribution in [0.25, 0.3) is 0 Å². The van der Waals surface area contributed by atoms with Crippen LogP contribution in [-0.2, 0) is 0 Å². The van der Waals surface area contributed by atoms with Gasteiger partial charge in [-0.3, -0.25) is 12.9 Å². The van der Waals surface area contributed by atoms with Gasteiger partial charge < -0.3 is 4.74 Å². The fourth-order valence-corrected chi connectivity index (χ4v) is 2.80. The molecular formula is C7H6BrFMgO. The van der Waals surface area contributed by atoms with Gasteiger partial charge in [0.25, 0.3) is 0 Å². The van der Waals surface area contributed by atoms with Crippen molar-refractivity contribution in [1.29, 1.82) is 0 Å². The van der Waals surface area contributed by atoms with Crippen LogP contribution in [-0.4, -0.2) is 25.3 Å². The smallest absolute Gasteiger partial charge is 0.499 e. The van der Waals surface area contributed by atoms with Crippen LogP contribution in [0.1, 0.15) is 0 Å². The molecule has 0 unspecified atom stereocenters. The molecule has 0 bridgehead atoms. The fraction of sp³-hybridized carbons (Fsp3) is 0.143. The third kappa shape index (κ3) is 2.32. The summed E-state index contributed by atoms with van der Waals surface area (Å²) in [5, 5.41) is 0. The molecule has 56 valence electrons. The molecule has 0 N–H and O–H groups in total. The number of halogens is 2. The van der Waals surface area contributed by atoms with Crippen LogP contribution in [0.15, 0.2) is 18.2 Å². The standard InChI is InChI=1S/C7H6FO.BrH.Mg/c1-9-7-4-2-3-6(8)5-7;;/h2-3,5H,1H3;1H;/q;;+1/p-1. The molecule has 0 aliphatic carbocycles. The van der Waals surface area contributed by atoms with Crippen molar-refractivity contribution >= 4 is 34.8 Å². The highest BCUT2D eigenvalue weighted by Gasteiger charge is 2.03. The third-order valence-electron chi connectivity index (χ3n) is 1.39. The maximum absolute atomic E-state index is 12.6. The zero-order chi connectivity index (χ0) is 8.27. The molecule has 0 amide bonds. The van der Waals surface area contributed by atoms with Crippen molar-refractivity contribution in [2.45, 2.75) is 0 Å². The molecule has 0 fully saturated rings. The third-order valence-corrected chi connectivity index (χ3v) is 4.08. The Morgan fingerprint density at radius 2 is 2.27 bits per heavy atom. The Kier molecular flexibility index (Phi) is 3.61. The zero-order valence-electron chi connectivity index (χ0n) is 6.10. The molecule has 0 aliphatic heterocycles. The van der Waals surface area contributed by atoms with Crippen molar-refractivity contribution < 1.29 is 9.13 Å². The quantitative estimate of drug-likeness (QED) is 0.698. The van der Waals surface area contributed by atoms with Crippen LogP contribution in [0.3, 0.4) is 0 Å². The zero-order valence-corrected chi connectivity index (χ0v) is 9.10. The van der Waals surface area contributed by atoms with Crippen LogP contribution in [0.4, 0.5) is 4.39 Å². The molecule has 0 saturated heterocycles. The molecule has 1 aromatic carbocycles. The van der Waals surface area contributed by atoms with E-state index in [2.05, 4.69) is 12.9 Å². The molecule has 1 rings (SSSR count). The first-order chi connectivity index (χ1) is 5.27. The van der Waals surface area contributed by atoms with Crippen LogP contribution < -0.4 is 8.43 Å². The van der Waals surface area contributed by atoms with Gasteiger partial charge in [-0.25, -0.2) is 4.39 Å². The number of methoxy groups -OCH3 is 1. The first-order valence-electron chi connectivity index (χ1n) is 3.16. The summed E-state index contributed by atoms with van der Waals surface area (Å²) in [5.41, 5.74) is 0. The van der Waals surface area contributed by atoms with Crippen molar-refractivity contribution in [3.05, 3.63) is 24.0 Å². The van der Waals surface area contributed by atoms with Gasteiger partial charge in [0.05, 0.1) is 12.9 Å². The van der Waals surface area contributed by atoms with Crippen molar-refractivity contribution in [2.75, 3.05) is 7.11 Å². The summed E-state index contributed by atoms with van der Waals surface area (Å²) in [5.74, 6) is 0.397. The number of hydrogen-bond donors (Lipinski definition) is 0. The molecule has 1 aromatic rings. The van der Waals surface area contributed by atoms with Crippen LogP contribution in [0.5, 0.6) is 5.75 Å². The first-order valence-corrected chi connectivity index (χ1v) is 7.77. The predicted molar refractivity (Wildman–Crippen MR) is 47.3 cm³/mol. The van der Waals surface area contributed by atoms with Crippen LogP contribution >= 0.6 is 12.9 Å². The maximum Gasteiger partial charge on any atom is 0.512 e. The SMILES string of the molecule is COc1cc(F)cc[c]1[Mg][Br]. The highest BCUT2D eigenvalue weighted by atomic mass is 79.9. The maximum atomic E-state index is 12.6. The Labute approximate surface area is 80.5 Å². The van der Waals surface area contributed by atoms with E-state index in [0.29, 0.717) is 5.75 Å². The lowest BCUT2D eigenvalue weighted by Gasteiger charge is -2.04. The van der Waals surface area contributed by atoms with Gasteiger partial charge >= 0.3 is 18.2 Å². The molecule has 0 saturated carbocycles. The minimum Gasteiger partial charge on any atom is -0.499 e. The minimum absolute atomic E-state index is 0.249. The summed E-state index contributed by atoms with van der Waals surface area (Å²) >= 11 is 2.97. The summed E-state index contributed by atoms with van der Waals surface area (Å²) < 4.78 is 18.7. The molecule has 0 radical (unpaired) electrons. The van der Waals surface area contributed by atoms with Gasteiger partial charge in [0, 0.05) is 6.07 Å². The topological polar surface area (TPSA) is 9.23 Å². The van der Waals surface area contributed by atoms with Crippen molar-refractivity contribution in [2.24, 2.45) is 0 Å². The molecule has 4 heteroatoms. The average molecular weight is 229 g/mol. The summed E-state index contributed by atoms with van der Waals surface area (Å²) in [6.07, 6.45) is 0. The molecule has 0 heterocycles. The highest BCUT2D eigenvalue weighted by Crippen LogP contribution is 2.08. The van der Waals surface area contributed by atoms with Crippen LogP contribution in [0.2, 0.25) is 0 Å². The normalized spacial score (nSPS) is 9.00. The van der Waals surface area contributed by atoms with E-state index in [1.807, 2.05) is 0 Å². The Morgan fingerprint density at radius 1 is 1.55 bits per heavy atom. The highest BCUT2D eigenvalue weighted by molar-refractivity contribution is 9.23. The van der Waals surface area contributed by atoms with Crippen molar-refractivity contribution in [3.8, 4) is 5.75 Å². The van der Waals surface area contributed by atoms with Gasteiger partial charge in [0.15, 0.2) is 0 Å². The summed E-state index contributed by atoms with van der Waals surface area (Å²) in [6.45, 7) is 0. The van der Waals surface area contributed by atoms with E-state index in [-0.39, 0.29) is 5.82 Å². The fourth-order valence-electron chi connectivity index (χ4n) is 0.829. The Hall–Kier alpha value is 0.196. The number of rotatable bonds is 2. The lowest BCUT2D eigenvalue weighted by atomic mass is 10.3. The summed E-state index contributed by atoms with van der Waals surface area (Å²) in [4.78, 5) is 0. The Bertz CT molecular complexity index is 254. The van der Waals surface area contributed by atoms with Crippen LogP contribution in [0, 0.1) is 5.82 Å². The summed E-state index contributed by atoms with van der Waals surface area (Å²) in [6, 6.07) is 4.62. The van der Waals surface area contributed by atoms with E-state index >= 15 is 0 Å². The van der Waals surface area contributed by atoms with Gasteiger partial charge in [-0.2, -0.15) is 0 Å². The van der Waals surface area contributed by atoms with Gasteiger partial charge in [-0.05, 0) is 6.07 Å². The minimum atomic E-state index is -0.444. The molecule has 0 aromatic heterocycles. The second kappa shape index (κ2) is 4.28. The number of hydrogen-bond acceptors (Lipinski definition) is 1. The first kappa shape index (κ1) is 9.29. The Balaban J connectivity index is 3.06. The monoisotopic (exact) mass is 228 g/mol. The number of benzene rings is 1. The van der Waals surface area contributed by atoms with E-state index in [9.17, 15) is 4.39 Å². The van der Waals surface area contributed by atoms with Crippen molar-refractivity contribution in [3.63, 3.8) is 0 Å². The molecule has 0 atom stereocenters. The summed E-state index contributed by atoms with van der Waals surface area (Å²) in [7, 11) is 1.55. The van der Waals surface area contributed by atoms with E-state index in [1.54, 1.807) is 13.2 Å². The molecule has 11 heavy (non-hydrogen) atoms. The lowest BCUT2D eigenvalue weighted by molar-refractivity contribution is 0.415. The van der Waals surface area contributed by atoms with Gasteiger partial charge in [-0.1, -0.05) is 6.07 Å². The molecule has 1 nitrogen and oxygen atoms in total. The van der Waals surface area contributed by atoms with Gasteiger partial charge in [0.2, 0.25) is 0 Å². The van der Waals surface area contributed by atoms with Crippen molar-refractivity contribution in [1.82, 2.24) is 0 Å². The van der Waals surface area contributed by atoms with E-state index in [1.165, 1.54) is 12.1 Å². The number of ether oxygens (including phenoxy) is 1. The molecular weight excluding hydrogens is 223 g/mol. The Morgan fingerprint density at radius 3 is 2.82 bits per heavy atom. The second-order valence-corrected chi connectivity index (χ2v) is 4.80.